The highest BCUT2D eigenvalue weighted by molar-refractivity contribution is 7.99. The van der Waals surface area contributed by atoms with Crippen molar-refractivity contribution in [3.63, 3.8) is 0 Å². The number of nitrogens with one attached hydrogen (secondary N) is 1. The molecule has 0 radical (unpaired) electrons. The Morgan fingerprint density at radius 3 is 2.77 bits per heavy atom. The second kappa shape index (κ2) is 8.81. The van der Waals surface area contributed by atoms with Gasteiger partial charge >= 0.3 is 0 Å². The molecular formula is C22H20N4O2S2. The number of thiophene rings is 1. The maximum absolute atomic E-state index is 13.2. The standard InChI is InChI=1S/C22H20N4O2S2/c1-14-9-10-19(23-12-14)26-21(28)16-6-3-4-7-17(16)25-22(26)30-13-20(27)24-15(2)18-8-5-11-29-18/h3-12,15H,13H2,1-2H3,(H,24,27). The summed E-state index contributed by atoms with van der Waals surface area (Å²) in [7, 11) is 0. The van der Waals surface area contributed by atoms with Gasteiger partial charge in [-0.3, -0.25) is 9.59 Å². The molecule has 0 aliphatic rings. The molecule has 0 fully saturated rings. The summed E-state index contributed by atoms with van der Waals surface area (Å²) in [6, 6.07) is 14.8. The van der Waals surface area contributed by atoms with Crippen molar-refractivity contribution in [1.29, 1.82) is 0 Å². The molecule has 1 aromatic carbocycles. The van der Waals surface area contributed by atoms with Crippen molar-refractivity contribution in [3.8, 4) is 5.82 Å². The molecule has 1 amide bonds. The van der Waals surface area contributed by atoms with Gasteiger partial charge in [0, 0.05) is 11.1 Å². The molecule has 1 N–H and O–H groups in total. The third-order valence-electron chi connectivity index (χ3n) is 4.55. The minimum Gasteiger partial charge on any atom is -0.348 e. The summed E-state index contributed by atoms with van der Waals surface area (Å²) < 4.78 is 1.47. The average molecular weight is 437 g/mol. The Kier molecular flexibility index (Phi) is 5.96. The number of aromatic nitrogens is 3. The zero-order chi connectivity index (χ0) is 21.1. The Morgan fingerprint density at radius 1 is 1.20 bits per heavy atom. The van der Waals surface area contributed by atoms with Gasteiger partial charge in [-0.15, -0.1) is 11.3 Å². The number of carbonyl (C=O) groups excluding carboxylic acids is 1. The van der Waals surface area contributed by atoms with Gasteiger partial charge in [-0.25, -0.2) is 14.5 Å². The fourth-order valence-corrected chi connectivity index (χ4v) is 4.57. The van der Waals surface area contributed by atoms with Gasteiger partial charge in [0.25, 0.3) is 5.56 Å². The van der Waals surface area contributed by atoms with Gasteiger partial charge in [0.2, 0.25) is 5.91 Å². The maximum atomic E-state index is 13.2. The highest BCUT2D eigenvalue weighted by atomic mass is 32.2. The van der Waals surface area contributed by atoms with Gasteiger partial charge in [0.05, 0.1) is 22.7 Å². The molecule has 0 saturated carbocycles. The molecule has 0 aliphatic carbocycles. The monoisotopic (exact) mass is 436 g/mol. The molecule has 3 aromatic heterocycles. The van der Waals surface area contributed by atoms with E-state index in [0.29, 0.717) is 21.9 Å². The summed E-state index contributed by atoms with van der Waals surface area (Å²) in [5.74, 6) is 0.511. The zero-order valence-corrected chi connectivity index (χ0v) is 18.2. The van der Waals surface area contributed by atoms with E-state index in [-0.39, 0.29) is 23.3 Å². The minimum absolute atomic E-state index is 0.0661. The molecular weight excluding hydrogens is 416 g/mol. The number of aryl methyl sites for hydroxylation is 1. The van der Waals surface area contributed by atoms with Gasteiger partial charge in [0.1, 0.15) is 5.82 Å². The van der Waals surface area contributed by atoms with E-state index < -0.39 is 0 Å². The molecule has 0 bridgehead atoms. The minimum atomic E-state index is -0.202. The van der Waals surface area contributed by atoms with Crippen LogP contribution in [0.5, 0.6) is 0 Å². The third-order valence-corrected chi connectivity index (χ3v) is 6.54. The first-order valence-corrected chi connectivity index (χ1v) is 11.3. The van der Waals surface area contributed by atoms with Gasteiger partial charge in [-0.2, -0.15) is 0 Å². The molecule has 0 aliphatic heterocycles. The lowest BCUT2D eigenvalue weighted by Crippen LogP contribution is -2.28. The first-order valence-electron chi connectivity index (χ1n) is 9.43. The van der Waals surface area contributed by atoms with Crippen molar-refractivity contribution >= 4 is 39.9 Å². The van der Waals surface area contributed by atoms with Crippen LogP contribution in [0.1, 0.15) is 23.4 Å². The Bertz CT molecular complexity index is 1230. The van der Waals surface area contributed by atoms with E-state index in [1.807, 2.05) is 49.6 Å². The van der Waals surface area contributed by atoms with Crippen LogP contribution in [0.2, 0.25) is 0 Å². The van der Waals surface area contributed by atoms with Gasteiger partial charge in [-0.1, -0.05) is 36.0 Å². The molecule has 3 heterocycles. The van der Waals surface area contributed by atoms with Crippen LogP contribution in [-0.4, -0.2) is 26.2 Å². The fraction of sp³-hybridized carbons (Fsp3) is 0.182. The number of hydrogen-bond donors (Lipinski definition) is 1. The number of nitrogens with zero attached hydrogens (tertiary/aromatic N) is 3. The van der Waals surface area contributed by atoms with E-state index in [1.54, 1.807) is 35.7 Å². The van der Waals surface area contributed by atoms with Crippen molar-refractivity contribution in [1.82, 2.24) is 19.9 Å². The number of fused-ring (bicyclic) bond motifs is 1. The zero-order valence-electron chi connectivity index (χ0n) is 16.5. The topological polar surface area (TPSA) is 76.9 Å². The van der Waals surface area contributed by atoms with Crippen LogP contribution in [0.3, 0.4) is 0 Å². The van der Waals surface area contributed by atoms with Crippen LogP contribution in [0, 0.1) is 6.92 Å². The van der Waals surface area contributed by atoms with E-state index in [9.17, 15) is 9.59 Å². The summed E-state index contributed by atoms with van der Waals surface area (Å²) in [4.78, 5) is 35.8. The van der Waals surface area contributed by atoms with Crippen LogP contribution in [0.15, 0.2) is 70.1 Å². The number of thioether (sulfide) groups is 1. The Hall–Kier alpha value is -2.97. The molecule has 0 spiro atoms. The third kappa shape index (κ3) is 4.29. The average Bonchev–Trinajstić information content (AvgIpc) is 3.28. The molecule has 1 atom stereocenters. The number of rotatable bonds is 6. The Balaban J connectivity index is 1.64. The quantitative estimate of drug-likeness (QED) is 0.363. The number of pyridine rings is 1. The molecule has 152 valence electrons. The number of para-hydroxylation sites is 1. The van der Waals surface area contributed by atoms with Crippen molar-refractivity contribution in [2.24, 2.45) is 0 Å². The van der Waals surface area contributed by atoms with Crippen molar-refractivity contribution in [2.75, 3.05) is 5.75 Å². The lowest BCUT2D eigenvalue weighted by Gasteiger charge is -2.14. The molecule has 8 heteroatoms. The van der Waals surface area contributed by atoms with Crippen LogP contribution in [-0.2, 0) is 4.79 Å². The summed E-state index contributed by atoms with van der Waals surface area (Å²) >= 11 is 2.83. The predicted octanol–water partition coefficient (Wildman–Crippen LogP) is 4.12. The van der Waals surface area contributed by atoms with Gasteiger partial charge < -0.3 is 5.32 Å². The fourth-order valence-electron chi connectivity index (χ4n) is 3.03. The summed E-state index contributed by atoms with van der Waals surface area (Å²) in [6.07, 6.45) is 1.71. The second-order valence-electron chi connectivity index (χ2n) is 6.84. The number of benzene rings is 1. The van der Waals surface area contributed by atoms with Crippen LogP contribution in [0.4, 0.5) is 0 Å². The van der Waals surface area contributed by atoms with Gasteiger partial charge in [-0.05, 0) is 49.1 Å². The van der Waals surface area contributed by atoms with Crippen LogP contribution >= 0.6 is 23.1 Å². The summed E-state index contributed by atoms with van der Waals surface area (Å²) in [5.41, 5.74) is 1.39. The summed E-state index contributed by atoms with van der Waals surface area (Å²) in [6.45, 7) is 3.89. The van der Waals surface area contributed by atoms with E-state index in [0.717, 1.165) is 10.4 Å². The van der Waals surface area contributed by atoms with E-state index in [1.165, 1.54) is 16.3 Å². The molecule has 4 aromatic rings. The van der Waals surface area contributed by atoms with Crippen molar-refractivity contribution < 1.29 is 4.79 Å². The first kappa shape index (κ1) is 20.3. The first-order chi connectivity index (χ1) is 14.5. The lowest BCUT2D eigenvalue weighted by atomic mass is 10.2. The maximum Gasteiger partial charge on any atom is 0.267 e. The Morgan fingerprint density at radius 2 is 2.03 bits per heavy atom. The highest BCUT2D eigenvalue weighted by Crippen LogP contribution is 2.22. The molecule has 6 nitrogen and oxygen atoms in total. The SMILES string of the molecule is Cc1ccc(-n2c(SCC(=O)NC(C)c3cccs3)nc3ccccc3c2=O)nc1. The van der Waals surface area contributed by atoms with Crippen molar-refractivity contribution in [3.05, 3.63) is 80.9 Å². The predicted molar refractivity (Wildman–Crippen MR) is 121 cm³/mol. The lowest BCUT2D eigenvalue weighted by molar-refractivity contribution is -0.119. The van der Waals surface area contributed by atoms with Crippen LogP contribution < -0.4 is 10.9 Å². The molecule has 30 heavy (non-hydrogen) atoms. The number of hydrogen-bond acceptors (Lipinski definition) is 6. The summed E-state index contributed by atoms with van der Waals surface area (Å²) in [5, 5.41) is 5.93. The van der Waals surface area contributed by atoms with Crippen molar-refractivity contribution in [2.45, 2.75) is 25.0 Å². The molecule has 4 rings (SSSR count). The normalized spacial score (nSPS) is 12.1. The van der Waals surface area contributed by atoms with E-state index in [2.05, 4.69) is 15.3 Å². The van der Waals surface area contributed by atoms with E-state index in [4.69, 9.17) is 0 Å². The van der Waals surface area contributed by atoms with E-state index >= 15 is 0 Å². The highest BCUT2D eigenvalue weighted by Gasteiger charge is 2.16. The Labute approximate surface area is 182 Å². The molecule has 0 saturated heterocycles. The number of carbonyl (C=O) groups is 1. The molecule has 1 unspecified atom stereocenters. The van der Waals surface area contributed by atoms with Gasteiger partial charge in [0.15, 0.2) is 5.16 Å². The number of amides is 1. The largest absolute Gasteiger partial charge is 0.348 e. The second-order valence-corrected chi connectivity index (χ2v) is 8.76. The van der Waals surface area contributed by atoms with Crippen LogP contribution in [0.25, 0.3) is 16.7 Å². The smallest absolute Gasteiger partial charge is 0.267 e.